The van der Waals surface area contributed by atoms with Crippen LogP contribution < -0.4 is 10.1 Å². The smallest absolute Gasteiger partial charge is 0.407 e. The van der Waals surface area contributed by atoms with Gasteiger partial charge in [-0.05, 0) is 61.6 Å². The second-order valence-corrected chi connectivity index (χ2v) is 14.2. The summed E-state index contributed by atoms with van der Waals surface area (Å²) in [6, 6.07) is 6.42. The van der Waals surface area contributed by atoms with Crippen LogP contribution in [0.5, 0.6) is 5.75 Å². The number of nitrogens with one attached hydrogen (secondary N) is 1. The van der Waals surface area contributed by atoms with Crippen LogP contribution in [0.1, 0.15) is 56.1 Å². The van der Waals surface area contributed by atoms with Crippen molar-refractivity contribution in [3.8, 4) is 5.75 Å². The number of aliphatic hydroxyl groups excluding tert-OH is 1. The molecule has 5 atom stereocenters. The SMILES string of the molecule is COc1ccc2c(c1)COCCCCCCCN(C[C@@H](O)[C@H](Cc1cc(F)cc(F)c1)NC(=O)O[C@H]1CCO[C@H]3OCCC31)S2(=O)=O. The molecule has 47 heavy (non-hydrogen) atoms. The Hall–Kier alpha value is -2.88. The molecule has 3 aliphatic heterocycles. The number of nitrogens with zero attached hydrogens (tertiary/aromatic N) is 1. The standard InChI is InChI=1S/C33H44F2N2O9S/c1-42-26-7-8-31-23(18-26)21-43-12-6-4-2-3-5-11-37(47(31,40)41)20-29(38)28(17-22-15-24(34)19-25(35)16-22)36-33(39)46-30-10-14-45-32-27(30)9-13-44-32/h7-8,15-16,18-19,27-30,32,38H,2-6,9-14,17,20-21H2,1H3,(H,36,39)/t27?,28-,29+,30-,32+/m0/s1. The minimum atomic E-state index is -4.18. The molecule has 3 aliphatic rings. The van der Waals surface area contributed by atoms with E-state index in [0.717, 1.165) is 43.9 Å². The molecule has 2 N–H and O–H groups in total. The maximum atomic E-state index is 14.2. The molecule has 3 heterocycles. The number of carbonyl (C=O) groups excluding carboxylic acids is 1. The van der Waals surface area contributed by atoms with E-state index in [0.29, 0.717) is 50.4 Å². The highest BCUT2D eigenvalue weighted by Gasteiger charge is 2.41. The molecule has 1 unspecified atom stereocenters. The monoisotopic (exact) mass is 682 g/mol. The zero-order valence-corrected chi connectivity index (χ0v) is 27.4. The van der Waals surface area contributed by atoms with E-state index in [4.69, 9.17) is 23.7 Å². The van der Waals surface area contributed by atoms with Gasteiger partial charge in [-0.25, -0.2) is 22.0 Å². The maximum absolute atomic E-state index is 14.2. The number of hydrogen-bond acceptors (Lipinski definition) is 9. The van der Waals surface area contributed by atoms with Gasteiger partial charge in [-0.1, -0.05) is 19.3 Å². The second kappa shape index (κ2) is 16.5. The van der Waals surface area contributed by atoms with Crippen LogP contribution in [0.3, 0.4) is 0 Å². The molecule has 2 aromatic rings. The van der Waals surface area contributed by atoms with Gasteiger partial charge in [-0.3, -0.25) is 0 Å². The first-order chi connectivity index (χ1) is 22.6. The topological polar surface area (TPSA) is 133 Å². The molecule has 0 aromatic heterocycles. The number of alkyl carbamates (subject to hydrolysis) is 1. The Morgan fingerprint density at radius 3 is 2.51 bits per heavy atom. The van der Waals surface area contributed by atoms with Gasteiger partial charge in [-0.2, -0.15) is 4.31 Å². The predicted octanol–water partition coefficient (Wildman–Crippen LogP) is 4.29. The highest BCUT2D eigenvalue weighted by molar-refractivity contribution is 7.89. The Kier molecular flexibility index (Phi) is 12.4. The number of carbonyl (C=O) groups is 1. The number of halogens is 2. The first-order valence-corrected chi connectivity index (χ1v) is 17.7. The van der Waals surface area contributed by atoms with Crippen molar-refractivity contribution in [2.45, 2.75) is 87.4 Å². The van der Waals surface area contributed by atoms with E-state index >= 15 is 0 Å². The lowest BCUT2D eigenvalue weighted by Crippen LogP contribution is -2.52. The van der Waals surface area contributed by atoms with Crippen LogP contribution in [0.2, 0.25) is 0 Å². The van der Waals surface area contributed by atoms with E-state index in [-0.39, 0.29) is 35.9 Å². The highest BCUT2D eigenvalue weighted by atomic mass is 32.2. The zero-order chi connectivity index (χ0) is 33.4. The molecular weight excluding hydrogens is 638 g/mol. The van der Waals surface area contributed by atoms with Crippen LogP contribution in [0.4, 0.5) is 13.6 Å². The van der Waals surface area contributed by atoms with Crippen LogP contribution in [0.15, 0.2) is 41.3 Å². The quantitative estimate of drug-likeness (QED) is 0.419. The fourth-order valence-electron chi connectivity index (χ4n) is 6.40. The van der Waals surface area contributed by atoms with E-state index in [1.807, 2.05) is 0 Å². The van der Waals surface area contributed by atoms with Crippen molar-refractivity contribution in [3.63, 3.8) is 0 Å². The van der Waals surface area contributed by atoms with E-state index in [2.05, 4.69) is 5.32 Å². The average Bonchev–Trinajstić information content (AvgIpc) is 3.52. The molecule has 2 aromatic carbocycles. The summed E-state index contributed by atoms with van der Waals surface area (Å²) in [6.07, 6.45) is 1.63. The summed E-state index contributed by atoms with van der Waals surface area (Å²) >= 11 is 0. The van der Waals surface area contributed by atoms with Gasteiger partial charge >= 0.3 is 6.09 Å². The second-order valence-electron chi connectivity index (χ2n) is 12.3. The molecule has 2 saturated heterocycles. The number of ether oxygens (including phenoxy) is 5. The van der Waals surface area contributed by atoms with Gasteiger partial charge in [0.05, 0.1) is 44.0 Å². The van der Waals surface area contributed by atoms with Gasteiger partial charge in [0.15, 0.2) is 6.29 Å². The Balaban J connectivity index is 1.40. The van der Waals surface area contributed by atoms with E-state index in [9.17, 15) is 27.1 Å². The van der Waals surface area contributed by atoms with E-state index in [1.165, 1.54) is 17.5 Å². The van der Waals surface area contributed by atoms with Crippen molar-refractivity contribution in [2.24, 2.45) is 5.92 Å². The lowest BCUT2D eigenvalue weighted by atomic mass is 9.95. The zero-order valence-electron chi connectivity index (χ0n) is 26.6. The molecule has 14 heteroatoms. The molecule has 0 radical (unpaired) electrons. The Labute approximate surface area is 274 Å². The van der Waals surface area contributed by atoms with Crippen molar-refractivity contribution >= 4 is 16.1 Å². The minimum Gasteiger partial charge on any atom is -0.497 e. The van der Waals surface area contributed by atoms with Gasteiger partial charge in [-0.15, -0.1) is 0 Å². The van der Waals surface area contributed by atoms with Crippen molar-refractivity contribution in [1.82, 2.24) is 9.62 Å². The van der Waals surface area contributed by atoms with E-state index in [1.54, 1.807) is 12.1 Å². The number of amides is 1. The largest absolute Gasteiger partial charge is 0.497 e. The Morgan fingerprint density at radius 1 is 1.02 bits per heavy atom. The van der Waals surface area contributed by atoms with Crippen LogP contribution in [0, 0.1) is 17.6 Å². The molecule has 260 valence electrons. The number of benzene rings is 2. The van der Waals surface area contributed by atoms with Crippen LogP contribution in [0.25, 0.3) is 0 Å². The number of hydrogen-bond donors (Lipinski definition) is 2. The normalized spacial score (nSPS) is 25.1. The summed E-state index contributed by atoms with van der Waals surface area (Å²) in [5.74, 6) is -1.31. The summed E-state index contributed by atoms with van der Waals surface area (Å²) in [7, 11) is -2.69. The third kappa shape index (κ3) is 9.39. The summed E-state index contributed by atoms with van der Waals surface area (Å²) in [4.78, 5) is 13.3. The van der Waals surface area contributed by atoms with Crippen molar-refractivity contribution in [3.05, 3.63) is 59.2 Å². The fourth-order valence-corrected chi connectivity index (χ4v) is 8.08. The van der Waals surface area contributed by atoms with Gasteiger partial charge in [0, 0.05) is 43.7 Å². The van der Waals surface area contributed by atoms with Gasteiger partial charge < -0.3 is 34.1 Å². The van der Waals surface area contributed by atoms with Crippen molar-refractivity contribution in [2.75, 3.05) is 40.0 Å². The number of aliphatic hydroxyl groups is 1. The summed E-state index contributed by atoms with van der Waals surface area (Å²) in [6.45, 7) is 1.10. The van der Waals surface area contributed by atoms with Crippen molar-refractivity contribution < 1.29 is 50.8 Å². The van der Waals surface area contributed by atoms with Crippen molar-refractivity contribution in [1.29, 1.82) is 0 Å². The minimum absolute atomic E-state index is 0.0220. The molecule has 0 spiro atoms. The van der Waals surface area contributed by atoms with Gasteiger partial charge in [0.2, 0.25) is 10.0 Å². The average molecular weight is 683 g/mol. The first-order valence-electron chi connectivity index (χ1n) is 16.2. The molecule has 0 saturated carbocycles. The number of rotatable bonds is 8. The lowest BCUT2D eigenvalue weighted by molar-refractivity contribution is -0.179. The summed E-state index contributed by atoms with van der Waals surface area (Å²) in [5, 5.41) is 14.3. The number of β-amino-alcohol motifs (C(OH)–C–C–N with tert-alkyl or cyclic N) is 1. The van der Waals surface area contributed by atoms with Gasteiger partial charge in [0.1, 0.15) is 23.5 Å². The lowest BCUT2D eigenvalue weighted by Gasteiger charge is -2.33. The fraction of sp³-hybridized carbons (Fsp3) is 0.606. The number of methoxy groups -OCH3 is 1. The first kappa shape index (κ1) is 35.4. The molecular formula is C33H44F2N2O9S. The molecule has 11 nitrogen and oxygen atoms in total. The van der Waals surface area contributed by atoms with E-state index < -0.39 is 58.8 Å². The number of sulfonamides is 1. The molecule has 0 bridgehead atoms. The van der Waals surface area contributed by atoms with Crippen LogP contribution in [-0.4, -0.2) is 88.5 Å². The molecule has 2 fully saturated rings. The molecule has 0 aliphatic carbocycles. The summed E-state index contributed by atoms with van der Waals surface area (Å²) < 4.78 is 86.0. The highest BCUT2D eigenvalue weighted by Crippen LogP contribution is 2.33. The third-order valence-corrected chi connectivity index (χ3v) is 10.8. The third-order valence-electron chi connectivity index (χ3n) is 8.88. The Morgan fingerprint density at radius 2 is 1.74 bits per heavy atom. The summed E-state index contributed by atoms with van der Waals surface area (Å²) in [5.41, 5.74) is 0.590. The van der Waals surface area contributed by atoms with Gasteiger partial charge in [0.25, 0.3) is 0 Å². The Bertz CT molecular complexity index is 1440. The molecule has 5 rings (SSSR count). The number of fused-ring (bicyclic) bond motifs is 2. The predicted molar refractivity (Wildman–Crippen MR) is 166 cm³/mol. The molecule has 1 amide bonds. The van der Waals surface area contributed by atoms with Crippen LogP contribution >= 0.6 is 0 Å². The van der Waals surface area contributed by atoms with Crippen LogP contribution in [-0.2, 0) is 42.0 Å². The maximum Gasteiger partial charge on any atom is 0.407 e.